The molecule has 192 valence electrons. The van der Waals surface area contributed by atoms with Gasteiger partial charge in [0, 0.05) is 28.6 Å². The maximum Gasteiger partial charge on any atom is 0.200 e. The van der Waals surface area contributed by atoms with Crippen LogP contribution < -0.4 is 0 Å². The highest BCUT2D eigenvalue weighted by molar-refractivity contribution is 5.86. The van der Waals surface area contributed by atoms with E-state index < -0.39 is 40.2 Å². The first-order chi connectivity index (χ1) is 16.8. The van der Waals surface area contributed by atoms with Gasteiger partial charge >= 0.3 is 0 Å². The van der Waals surface area contributed by atoms with Crippen LogP contribution in [-0.2, 0) is 4.74 Å². The zero-order valence-electron chi connectivity index (χ0n) is 20.9. The van der Waals surface area contributed by atoms with Gasteiger partial charge in [-0.2, -0.15) is 4.39 Å². The second-order valence-electron chi connectivity index (χ2n) is 6.80. The molecule has 0 fully saturated rings. The molecule has 0 saturated heterocycles. The number of aliphatic imine (C=N–C) groups is 1. The van der Waals surface area contributed by atoms with Crippen LogP contribution in [0.1, 0.15) is 13.3 Å². The van der Waals surface area contributed by atoms with Crippen LogP contribution in [0, 0.1) is 0 Å². The van der Waals surface area contributed by atoms with Crippen LogP contribution in [0.4, 0.5) is 17.6 Å². The van der Waals surface area contributed by atoms with Gasteiger partial charge in [-0.05, 0) is 23.1 Å². The van der Waals surface area contributed by atoms with Gasteiger partial charge in [-0.3, -0.25) is 4.99 Å². The number of halogens is 4. The third-order valence-corrected chi connectivity index (χ3v) is 4.26. The smallest absolute Gasteiger partial charge is 0.200 e. The van der Waals surface area contributed by atoms with Crippen molar-refractivity contribution in [2.75, 3.05) is 6.61 Å². The van der Waals surface area contributed by atoms with Gasteiger partial charge < -0.3 is 4.74 Å². The van der Waals surface area contributed by atoms with Crippen molar-refractivity contribution in [3.8, 4) is 0 Å². The molecule has 0 aliphatic heterocycles. The SMILES string of the molecule is C=C.C=CCOC(=C)/C(F)=C(/F)C(=C)C(=C)/C=C\C(=C)C(=C)/C(F)=C(/F)C(=C)C(=C)C=NC(=C)CC. The van der Waals surface area contributed by atoms with Gasteiger partial charge in [-0.15, -0.1) is 13.2 Å². The molecule has 0 aromatic heterocycles. The van der Waals surface area contributed by atoms with Gasteiger partial charge in [-0.25, -0.2) is 13.2 Å². The summed E-state index contributed by atoms with van der Waals surface area (Å²) in [5.41, 5.74) is -0.681. The Kier molecular flexibility index (Phi) is 16.3. The predicted octanol–water partition coefficient (Wildman–Crippen LogP) is 9.69. The van der Waals surface area contributed by atoms with E-state index in [1.165, 1.54) is 24.4 Å². The fourth-order valence-corrected chi connectivity index (χ4v) is 1.91. The molecule has 0 amide bonds. The summed E-state index contributed by atoms with van der Waals surface area (Å²) in [6.45, 7) is 39.2. The third kappa shape index (κ3) is 10.8. The van der Waals surface area contributed by atoms with Crippen molar-refractivity contribution < 1.29 is 22.3 Å². The Bertz CT molecular complexity index is 1090. The molecule has 0 aliphatic carbocycles. The van der Waals surface area contributed by atoms with Gasteiger partial charge in [0.2, 0.25) is 5.83 Å². The number of allylic oxidation sites excluding steroid dienone is 13. The van der Waals surface area contributed by atoms with Gasteiger partial charge in [0.1, 0.15) is 6.61 Å². The molecule has 0 saturated carbocycles. The molecular weight excluding hydrogens is 466 g/mol. The molecule has 36 heavy (non-hydrogen) atoms. The summed E-state index contributed by atoms with van der Waals surface area (Å²) >= 11 is 0. The fourth-order valence-electron chi connectivity index (χ4n) is 1.91. The standard InChI is InChI=1S/C28H29F4NO.C2H4/c1-11-15-34-24(10)28(32)27(31)22(8)18(4)14-13-17(3)21(7)25(29)26(30)23(9)19(5)16-33-20(6)12-2;1-2/h11,13-14,16H,1,3-10,12,15H2,2H3;1-2H2/b14-13-,26-25-,28-27-,33-16?;. The average molecular weight is 500 g/mol. The quantitative estimate of drug-likeness (QED) is 0.0722. The second kappa shape index (κ2) is 17.3. The Morgan fingerprint density at radius 2 is 1.08 bits per heavy atom. The molecule has 0 rings (SSSR count). The predicted molar refractivity (Wildman–Crippen MR) is 147 cm³/mol. The Labute approximate surface area is 212 Å². The summed E-state index contributed by atoms with van der Waals surface area (Å²) in [6.07, 6.45) is 5.53. The van der Waals surface area contributed by atoms with E-state index >= 15 is 0 Å². The second-order valence-corrected chi connectivity index (χ2v) is 6.80. The highest BCUT2D eigenvalue weighted by Gasteiger charge is 2.17. The maximum atomic E-state index is 14.6. The van der Waals surface area contributed by atoms with E-state index in [1.807, 2.05) is 6.92 Å². The zero-order chi connectivity index (χ0) is 28.6. The van der Waals surface area contributed by atoms with Crippen molar-refractivity contribution in [3.05, 3.63) is 159 Å². The number of hydrogen-bond donors (Lipinski definition) is 0. The first-order valence-corrected chi connectivity index (χ1v) is 10.4. The minimum atomic E-state index is -1.36. The van der Waals surface area contributed by atoms with E-state index in [1.54, 1.807) is 0 Å². The van der Waals surface area contributed by atoms with E-state index in [0.717, 1.165) is 0 Å². The minimum absolute atomic E-state index is 0.0452. The largest absolute Gasteiger partial charge is 0.487 e. The van der Waals surface area contributed by atoms with Crippen LogP contribution in [0.2, 0.25) is 0 Å². The average Bonchev–Trinajstić information content (AvgIpc) is 2.90. The van der Waals surface area contributed by atoms with Crippen molar-refractivity contribution in [2.24, 2.45) is 4.99 Å². The van der Waals surface area contributed by atoms with Crippen LogP contribution >= 0.6 is 0 Å². The van der Waals surface area contributed by atoms with E-state index in [-0.39, 0.29) is 28.9 Å². The molecule has 2 nitrogen and oxygen atoms in total. The lowest BCUT2D eigenvalue weighted by molar-refractivity contribution is 0.241. The molecule has 0 N–H and O–H groups in total. The summed E-state index contributed by atoms with van der Waals surface area (Å²) < 4.78 is 62.3. The number of nitrogens with zero attached hydrogens (tertiary/aromatic N) is 1. The van der Waals surface area contributed by atoms with Crippen molar-refractivity contribution in [1.29, 1.82) is 0 Å². The Morgan fingerprint density at radius 1 is 0.694 bits per heavy atom. The Morgan fingerprint density at radius 3 is 1.47 bits per heavy atom. The van der Waals surface area contributed by atoms with E-state index in [9.17, 15) is 17.6 Å². The molecule has 0 bridgehead atoms. The van der Waals surface area contributed by atoms with Gasteiger partial charge in [-0.1, -0.05) is 84.4 Å². The summed E-state index contributed by atoms with van der Waals surface area (Å²) in [6, 6.07) is 0. The maximum absolute atomic E-state index is 14.6. The van der Waals surface area contributed by atoms with Crippen LogP contribution in [0.15, 0.2) is 164 Å². The molecular formula is C30H33F4NO. The van der Waals surface area contributed by atoms with Crippen LogP contribution in [-0.4, -0.2) is 12.8 Å². The Balaban J connectivity index is 0. The molecule has 0 spiro atoms. The molecule has 0 aromatic rings. The lowest BCUT2D eigenvalue weighted by Gasteiger charge is -2.09. The minimum Gasteiger partial charge on any atom is -0.487 e. The molecule has 6 heteroatoms. The summed E-state index contributed by atoms with van der Waals surface area (Å²) in [4.78, 5) is 3.96. The molecule has 0 heterocycles. The molecule has 0 aliphatic rings. The summed E-state index contributed by atoms with van der Waals surface area (Å²) in [5.74, 6) is -5.85. The van der Waals surface area contributed by atoms with Gasteiger partial charge in [0.05, 0.1) is 0 Å². The van der Waals surface area contributed by atoms with E-state index in [4.69, 9.17) is 4.74 Å². The van der Waals surface area contributed by atoms with Gasteiger partial charge in [0.25, 0.3) is 0 Å². The summed E-state index contributed by atoms with van der Waals surface area (Å²) in [5, 5.41) is 0. The monoisotopic (exact) mass is 499 g/mol. The van der Waals surface area contributed by atoms with E-state index in [0.29, 0.717) is 12.1 Å². The van der Waals surface area contributed by atoms with Crippen molar-refractivity contribution in [1.82, 2.24) is 0 Å². The molecule has 0 radical (unpaired) electrons. The van der Waals surface area contributed by atoms with Crippen LogP contribution in [0.5, 0.6) is 0 Å². The van der Waals surface area contributed by atoms with Crippen molar-refractivity contribution >= 4 is 6.21 Å². The summed E-state index contributed by atoms with van der Waals surface area (Å²) in [7, 11) is 0. The Hall–Kier alpha value is -4.19. The first kappa shape index (κ1) is 34.0. The number of rotatable bonds is 15. The first-order valence-electron chi connectivity index (χ1n) is 10.4. The molecule has 0 aromatic carbocycles. The highest BCUT2D eigenvalue weighted by Crippen LogP contribution is 2.30. The highest BCUT2D eigenvalue weighted by atomic mass is 19.2. The van der Waals surface area contributed by atoms with Crippen molar-refractivity contribution in [2.45, 2.75) is 13.3 Å². The lowest BCUT2D eigenvalue weighted by atomic mass is 10.0. The zero-order valence-corrected chi connectivity index (χ0v) is 20.9. The lowest BCUT2D eigenvalue weighted by Crippen LogP contribution is -1.96. The number of ether oxygens (including phenoxy) is 1. The fraction of sp³-hybridized carbons (Fsp3) is 0.100. The normalized spacial score (nSPS) is 11.9. The van der Waals surface area contributed by atoms with Crippen molar-refractivity contribution in [3.63, 3.8) is 0 Å². The molecule has 0 atom stereocenters. The van der Waals surface area contributed by atoms with Crippen LogP contribution in [0.3, 0.4) is 0 Å². The number of hydrogen-bond acceptors (Lipinski definition) is 2. The molecule has 0 unspecified atom stereocenters. The van der Waals surface area contributed by atoms with Crippen LogP contribution in [0.25, 0.3) is 0 Å². The van der Waals surface area contributed by atoms with Gasteiger partial charge in [0.15, 0.2) is 23.2 Å². The third-order valence-electron chi connectivity index (χ3n) is 4.26. The van der Waals surface area contributed by atoms with E-state index in [2.05, 4.69) is 77.4 Å². The topological polar surface area (TPSA) is 21.6 Å².